The molecule has 0 unspecified atom stereocenters. The summed E-state index contributed by atoms with van der Waals surface area (Å²) in [6.07, 6.45) is 1.95. The third-order valence-corrected chi connectivity index (χ3v) is 9.96. The molecule has 1 atom stereocenters. The van der Waals surface area contributed by atoms with Crippen LogP contribution in [0.1, 0.15) is 45.5 Å². The molecule has 2 aliphatic rings. The van der Waals surface area contributed by atoms with Crippen molar-refractivity contribution in [3.8, 4) is 5.75 Å². The van der Waals surface area contributed by atoms with Crippen LogP contribution in [0.15, 0.2) is 59.5 Å². The number of nitrogens with zero attached hydrogens (tertiary/aromatic N) is 2. The van der Waals surface area contributed by atoms with E-state index in [2.05, 4.69) is 5.32 Å². The number of sulfonamides is 1. The van der Waals surface area contributed by atoms with E-state index >= 15 is 0 Å². The molecule has 8 nitrogen and oxygen atoms in total. The SMILES string of the molecule is COc1ccc(C(=O)N2CCc3ccc(NC(=O)[C@H]4CCCN(S(=O)(=O)c5c(C)cc(C)cc5C)C4)cc32)cc1. The molecule has 0 aliphatic carbocycles. The normalized spacial score (nSPS) is 17.4. The van der Waals surface area contributed by atoms with Gasteiger partial charge in [0.1, 0.15) is 5.75 Å². The number of aryl methyl sites for hydroxylation is 3. The van der Waals surface area contributed by atoms with Crippen molar-refractivity contribution in [1.29, 1.82) is 0 Å². The van der Waals surface area contributed by atoms with Gasteiger partial charge in [-0.05, 0) is 93.1 Å². The predicted octanol–water partition coefficient (Wildman–Crippen LogP) is 4.86. The van der Waals surface area contributed by atoms with Crippen LogP contribution in [0.25, 0.3) is 0 Å². The van der Waals surface area contributed by atoms with Gasteiger partial charge in [0.25, 0.3) is 5.91 Å². The summed E-state index contributed by atoms with van der Waals surface area (Å²) in [5.74, 6) is -0.121. The van der Waals surface area contributed by atoms with Crippen molar-refractivity contribution in [3.05, 3.63) is 82.4 Å². The molecule has 40 heavy (non-hydrogen) atoms. The smallest absolute Gasteiger partial charge is 0.258 e. The van der Waals surface area contributed by atoms with Gasteiger partial charge in [-0.3, -0.25) is 9.59 Å². The average Bonchev–Trinajstić information content (AvgIpc) is 3.35. The lowest BCUT2D eigenvalue weighted by Crippen LogP contribution is -2.44. The van der Waals surface area contributed by atoms with Crippen LogP contribution in [-0.2, 0) is 21.2 Å². The number of amides is 2. The summed E-state index contributed by atoms with van der Waals surface area (Å²) in [4.78, 5) is 28.6. The lowest BCUT2D eigenvalue weighted by Gasteiger charge is -2.32. The highest BCUT2D eigenvalue weighted by Gasteiger charge is 2.35. The fourth-order valence-corrected chi connectivity index (χ4v) is 7.81. The van der Waals surface area contributed by atoms with Gasteiger partial charge in [-0.1, -0.05) is 23.8 Å². The van der Waals surface area contributed by atoms with Crippen molar-refractivity contribution in [3.63, 3.8) is 0 Å². The first-order valence-corrected chi connectivity index (χ1v) is 15.0. The fourth-order valence-electron chi connectivity index (χ4n) is 5.88. The number of benzene rings is 3. The van der Waals surface area contributed by atoms with Gasteiger partial charge in [0.2, 0.25) is 15.9 Å². The Labute approximate surface area is 236 Å². The van der Waals surface area contributed by atoms with E-state index in [9.17, 15) is 18.0 Å². The number of carbonyl (C=O) groups excluding carboxylic acids is 2. The van der Waals surface area contributed by atoms with E-state index in [4.69, 9.17) is 4.74 Å². The maximum atomic E-state index is 13.6. The van der Waals surface area contributed by atoms with Gasteiger partial charge in [-0.25, -0.2) is 8.42 Å². The van der Waals surface area contributed by atoms with Crippen LogP contribution < -0.4 is 15.0 Å². The van der Waals surface area contributed by atoms with Crippen LogP contribution in [0.4, 0.5) is 11.4 Å². The van der Waals surface area contributed by atoms with E-state index in [1.165, 1.54) is 4.31 Å². The van der Waals surface area contributed by atoms with Gasteiger partial charge in [-0.15, -0.1) is 0 Å². The van der Waals surface area contributed by atoms with Crippen molar-refractivity contribution < 1.29 is 22.7 Å². The molecule has 1 saturated heterocycles. The second-order valence-corrected chi connectivity index (χ2v) is 12.6. The van der Waals surface area contributed by atoms with Gasteiger partial charge in [0.05, 0.1) is 17.9 Å². The Balaban J connectivity index is 1.30. The second kappa shape index (κ2) is 11.1. The highest BCUT2D eigenvalue weighted by molar-refractivity contribution is 7.89. The molecule has 0 spiro atoms. The molecule has 0 aromatic heterocycles. The number of rotatable bonds is 6. The molecule has 3 aromatic carbocycles. The zero-order chi connectivity index (χ0) is 28.6. The predicted molar refractivity (Wildman–Crippen MR) is 156 cm³/mol. The summed E-state index contributed by atoms with van der Waals surface area (Å²) in [6.45, 7) is 6.67. The van der Waals surface area contributed by atoms with Crippen LogP contribution >= 0.6 is 0 Å². The third-order valence-electron chi connectivity index (χ3n) is 7.79. The summed E-state index contributed by atoms with van der Waals surface area (Å²) in [5.41, 5.74) is 5.42. The number of hydrogen-bond donors (Lipinski definition) is 1. The number of fused-ring (bicyclic) bond motifs is 1. The number of piperidine rings is 1. The number of hydrogen-bond acceptors (Lipinski definition) is 5. The highest BCUT2D eigenvalue weighted by atomic mass is 32.2. The van der Waals surface area contributed by atoms with Crippen molar-refractivity contribution in [1.82, 2.24) is 4.31 Å². The molecule has 210 valence electrons. The lowest BCUT2D eigenvalue weighted by atomic mass is 9.98. The number of nitrogens with one attached hydrogen (secondary N) is 1. The van der Waals surface area contributed by atoms with E-state index in [0.717, 1.165) is 34.4 Å². The second-order valence-electron chi connectivity index (χ2n) is 10.7. The molecule has 2 aliphatic heterocycles. The summed E-state index contributed by atoms with van der Waals surface area (Å²) in [5, 5.41) is 2.98. The summed E-state index contributed by atoms with van der Waals surface area (Å²) in [7, 11) is -2.15. The van der Waals surface area contributed by atoms with Crippen molar-refractivity contribution in [2.24, 2.45) is 5.92 Å². The van der Waals surface area contributed by atoms with Gasteiger partial charge in [-0.2, -0.15) is 4.31 Å². The first-order chi connectivity index (χ1) is 19.1. The Morgan fingerprint density at radius 2 is 1.65 bits per heavy atom. The topological polar surface area (TPSA) is 96.0 Å². The van der Waals surface area contributed by atoms with Gasteiger partial charge in [0, 0.05) is 36.6 Å². The molecular formula is C31H35N3O5S. The van der Waals surface area contributed by atoms with E-state index in [-0.39, 0.29) is 18.4 Å². The van der Waals surface area contributed by atoms with Crippen molar-refractivity contribution >= 4 is 33.2 Å². The zero-order valence-electron chi connectivity index (χ0n) is 23.4. The van der Waals surface area contributed by atoms with Crippen molar-refractivity contribution in [2.75, 3.05) is 37.0 Å². The van der Waals surface area contributed by atoms with Crippen LogP contribution in [0.3, 0.4) is 0 Å². The molecule has 9 heteroatoms. The van der Waals surface area contributed by atoms with Gasteiger partial charge < -0.3 is 15.0 Å². The molecule has 1 N–H and O–H groups in total. The Hall–Kier alpha value is -3.69. The summed E-state index contributed by atoms with van der Waals surface area (Å²) < 4.78 is 33.8. The Morgan fingerprint density at radius 3 is 2.33 bits per heavy atom. The maximum absolute atomic E-state index is 13.6. The van der Waals surface area contributed by atoms with E-state index < -0.39 is 15.9 Å². The minimum absolute atomic E-state index is 0.111. The molecule has 0 bridgehead atoms. The number of methoxy groups -OCH3 is 1. The number of carbonyl (C=O) groups is 2. The third kappa shape index (κ3) is 5.36. The monoisotopic (exact) mass is 561 g/mol. The van der Waals surface area contributed by atoms with Crippen LogP contribution in [0.5, 0.6) is 5.75 Å². The van der Waals surface area contributed by atoms with Crippen LogP contribution in [0.2, 0.25) is 0 Å². The fraction of sp³-hybridized carbons (Fsp3) is 0.355. The Morgan fingerprint density at radius 1 is 0.950 bits per heavy atom. The quantitative estimate of drug-likeness (QED) is 0.464. The Kier molecular flexibility index (Phi) is 7.70. The first kappa shape index (κ1) is 27.9. The average molecular weight is 562 g/mol. The minimum atomic E-state index is -3.73. The largest absolute Gasteiger partial charge is 0.497 e. The van der Waals surface area contributed by atoms with Crippen LogP contribution in [0, 0.1) is 26.7 Å². The number of ether oxygens (including phenoxy) is 1. The Bertz CT molecular complexity index is 1540. The summed E-state index contributed by atoms with van der Waals surface area (Å²) in [6, 6.07) is 16.4. The number of anilines is 2. The van der Waals surface area contributed by atoms with E-state index in [1.54, 1.807) is 36.3 Å². The molecule has 1 fully saturated rings. The molecular weight excluding hydrogens is 526 g/mol. The van der Waals surface area contributed by atoms with Gasteiger partial charge >= 0.3 is 0 Å². The molecule has 2 amide bonds. The lowest BCUT2D eigenvalue weighted by molar-refractivity contribution is -0.120. The molecule has 0 radical (unpaired) electrons. The molecule has 5 rings (SSSR count). The van der Waals surface area contributed by atoms with Gasteiger partial charge in [0.15, 0.2) is 0 Å². The maximum Gasteiger partial charge on any atom is 0.258 e. The van der Waals surface area contributed by atoms with Crippen molar-refractivity contribution in [2.45, 2.75) is 44.9 Å². The summed E-state index contributed by atoms with van der Waals surface area (Å²) >= 11 is 0. The molecule has 2 heterocycles. The van der Waals surface area contributed by atoms with E-state index in [1.807, 2.05) is 51.1 Å². The van der Waals surface area contributed by atoms with E-state index in [0.29, 0.717) is 47.8 Å². The molecule has 3 aromatic rings. The standard InChI is InChI=1S/C31H35N3O5S/c1-20-16-21(2)29(22(3)17-20)40(37,38)33-14-5-6-25(19-33)30(35)32-26-10-7-23-13-15-34(28(23)18-26)31(36)24-8-11-27(39-4)12-9-24/h7-12,16-18,25H,5-6,13-15,19H2,1-4H3,(H,32,35)/t25-/m0/s1. The zero-order valence-corrected chi connectivity index (χ0v) is 24.2. The molecule has 0 saturated carbocycles. The first-order valence-electron chi connectivity index (χ1n) is 13.6. The van der Waals surface area contributed by atoms with Crippen LogP contribution in [-0.4, -0.2) is 51.3 Å². The highest BCUT2D eigenvalue weighted by Crippen LogP contribution is 2.33. The minimum Gasteiger partial charge on any atom is -0.497 e.